The third kappa shape index (κ3) is 2.63. The maximum atomic E-state index is 6.08. The first-order valence-electron chi connectivity index (χ1n) is 7.16. The Kier molecular flexibility index (Phi) is 3.73. The van der Waals surface area contributed by atoms with Crippen molar-refractivity contribution in [2.45, 2.75) is 63.6 Å². The molecule has 0 radical (unpaired) electrons. The molecule has 1 aromatic heterocycles. The number of nitrogens with one attached hydrogen (secondary N) is 1. The highest BCUT2D eigenvalue weighted by atomic mass is 32.1. The van der Waals surface area contributed by atoms with Gasteiger partial charge in [-0.25, -0.2) is 0 Å². The maximum absolute atomic E-state index is 6.08. The second-order valence-corrected chi connectivity index (χ2v) is 6.63. The molecule has 1 unspecified atom stereocenters. The van der Waals surface area contributed by atoms with Gasteiger partial charge in [0.2, 0.25) is 0 Å². The van der Waals surface area contributed by atoms with E-state index >= 15 is 0 Å². The molecule has 0 amide bonds. The van der Waals surface area contributed by atoms with Crippen LogP contribution in [0.1, 0.15) is 49.7 Å². The van der Waals surface area contributed by atoms with Crippen LogP contribution in [0.4, 0.5) is 0 Å². The molecule has 0 aromatic carbocycles. The minimum Gasteiger partial charge on any atom is -0.375 e. The van der Waals surface area contributed by atoms with Crippen LogP contribution >= 0.6 is 11.3 Å². The van der Waals surface area contributed by atoms with Crippen LogP contribution in [0.2, 0.25) is 0 Å². The van der Waals surface area contributed by atoms with Crippen LogP contribution in [0.3, 0.4) is 0 Å². The molecule has 2 aliphatic rings. The predicted octanol–water partition coefficient (Wildman–Crippen LogP) is 3.64. The summed E-state index contributed by atoms with van der Waals surface area (Å²) in [5.41, 5.74) is 3.13. The van der Waals surface area contributed by atoms with Gasteiger partial charge in [0.05, 0.1) is 5.60 Å². The van der Waals surface area contributed by atoms with Gasteiger partial charge in [0.15, 0.2) is 0 Å². The van der Waals surface area contributed by atoms with E-state index in [0.29, 0.717) is 6.04 Å². The van der Waals surface area contributed by atoms with Crippen molar-refractivity contribution >= 4 is 11.3 Å². The molecule has 3 heteroatoms. The highest BCUT2D eigenvalue weighted by Gasteiger charge is 2.39. The van der Waals surface area contributed by atoms with Gasteiger partial charge in [-0.15, -0.1) is 0 Å². The zero-order valence-electron chi connectivity index (χ0n) is 11.2. The molecular formula is C15H23NOS. The van der Waals surface area contributed by atoms with Crippen LogP contribution in [-0.2, 0) is 11.3 Å². The molecule has 1 saturated carbocycles. The summed E-state index contributed by atoms with van der Waals surface area (Å²) in [5.74, 6) is 0. The lowest BCUT2D eigenvalue weighted by Crippen LogP contribution is -2.45. The van der Waals surface area contributed by atoms with Crippen LogP contribution < -0.4 is 5.32 Å². The van der Waals surface area contributed by atoms with Gasteiger partial charge in [-0.1, -0.05) is 12.8 Å². The molecule has 1 saturated heterocycles. The Bertz CT molecular complexity index is 395. The van der Waals surface area contributed by atoms with E-state index in [-0.39, 0.29) is 5.60 Å². The summed E-state index contributed by atoms with van der Waals surface area (Å²) in [4.78, 5) is 0. The summed E-state index contributed by atoms with van der Waals surface area (Å²) < 4.78 is 6.08. The number of aryl methyl sites for hydroxylation is 1. The van der Waals surface area contributed by atoms with Gasteiger partial charge in [0.25, 0.3) is 0 Å². The molecule has 2 heterocycles. The van der Waals surface area contributed by atoms with Gasteiger partial charge in [0, 0.05) is 19.2 Å². The molecule has 0 bridgehead atoms. The number of hydrogen-bond acceptors (Lipinski definition) is 3. The smallest absolute Gasteiger partial charge is 0.0697 e. The lowest BCUT2D eigenvalue weighted by atomic mass is 9.89. The van der Waals surface area contributed by atoms with Crippen LogP contribution in [0.15, 0.2) is 10.8 Å². The van der Waals surface area contributed by atoms with Gasteiger partial charge < -0.3 is 10.1 Å². The Morgan fingerprint density at radius 3 is 2.94 bits per heavy atom. The van der Waals surface area contributed by atoms with E-state index in [0.717, 1.165) is 13.2 Å². The van der Waals surface area contributed by atoms with Gasteiger partial charge in [0.1, 0.15) is 0 Å². The van der Waals surface area contributed by atoms with Crippen molar-refractivity contribution < 1.29 is 4.74 Å². The Hall–Kier alpha value is -0.380. The minimum atomic E-state index is 0.236. The van der Waals surface area contributed by atoms with E-state index in [1.165, 1.54) is 49.7 Å². The molecule has 1 atom stereocenters. The SMILES string of the molecule is Cc1cscc1CNC1CCOC2(CCCC2)C1. The van der Waals surface area contributed by atoms with E-state index in [9.17, 15) is 0 Å². The lowest BCUT2D eigenvalue weighted by Gasteiger charge is -2.38. The normalized spacial score (nSPS) is 26.8. The number of ether oxygens (including phenoxy) is 1. The van der Waals surface area contributed by atoms with Crippen molar-refractivity contribution in [3.8, 4) is 0 Å². The first-order valence-corrected chi connectivity index (χ1v) is 8.11. The fraction of sp³-hybridized carbons (Fsp3) is 0.733. The third-order valence-electron chi connectivity index (χ3n) is 4.55. The summed E-state index contributed by atoms with van der Waals surface area (Å²) in [7, 11) is 0. The Labute approximate surface area is 114 Å². The highest BCUT2D eigenvalue weighted by Crippen LogP contribution is 2.40. The molecule has 1 N–H and O–H groups in total. The van der Waals surface area contributed by atoms with E-state index in [1.807, 2.05) is 0 Å². The number of thiophene rings is 1. The van der Waals surface area contributed by atoms with Crippen molar-refractivity contribution in [1.82, 2.24) is 5.32 Å². The van der Waals surface area contributed by atoms with Crippen molar-refractivity contribution in [2.75, 3.05) is 6.61 Å². The number of hydrogen-bond donors (Lipinski definition) is 1. The van der Waals surface area contributed by atoms with Gasteiger partial charge in [-0.05, 0) is 54.5 Å². The first-order chi connectivity index (χ1) is 8.77. The molecule has 2 fully saturated rings. The fourth-order valence-electron chi connectivity index (χ4n) is 3.39. The van der Waals surface area contributed by atoms with E-state index in [2.05, 4.69) is 23.0 Å². The van der Waals surface area contributed by atoms with Crippen molar-refractivity contribution in [2.24, 2.45) is 0 Å². The topological polar surface area (TPSA) is 21.3 Å². The Morgan fingerprint density at radius 1 is 1.39 bits per heavy atom. The zero-order chi connectivity index (χ0) is 12.4. The fourth-order valence-corrected chi connectivity index (χ4v) is 4.25. The van der Waals surface area contributed by atoms with Gasteiger partial charge in [-0.3, -0.25) is 0 Å². The van der Waals surface area contributed by atoms with Crippen molar-refractivity contribution in [1.29, 1.82) is 0 Å². The van der Waals surface area contributed by atoms with Crippen LogP contribution in [0.5, 0.6) is 0 Å². The standard InChI is InChI=1S/C15H23NOS/c1-12-10-18-11-13(12)9-16-14-4-7-17-15(8-14)5-2-3-6-15/h10-11,14,16H,2-9H2,1H3. The van der Waals surface area contributed by atoms with E-state index in [4.69, 9.17) is 4.74 Å². The second kappa shape index (κ2) is 5.32. The molecule has 2 nitrogen and oxygen atoms in total. The molecule has 1 aliphatic carbocycles. The summed E-state index contributed by atoms with van der Waals surface area (Å²) in [6.45, 7) is 4.17. The predicted molar refractivity (Wildman–Crippen MR) is 76.1 cm³/mol. The summed E-state index contributed by atoms with van der Waals surface area (Å²) in [5, 5.41) is 8.25. The highest BCUT2D eigenvalue weighted by molar-refractivity contribution is 7.08. The van der Waals surface area contributed by atoms with Crippen LogP contribution in [0, 0.1) is 6.92 Å². The van der Waals surface area contributed by atoms with Crippen molar-refractivity contribution in [3.05, 3.63) is 21.9 Å². The van der Waals surface area contributed by atoms with Crippen molar-refractivity contribution in [3.63, 3.8) is 0 Å². The molecule has 3 rings (SSSR count). The first kappa shape index (κ1) is 12.6. The molecule has 1 aliphatic heterocycles. The zero-order valence-corrected chi connectivity index (χ0v) is 12.0. The minimum absolute atomic E-state index is 0.236. The Morgan fingerprint density at radius 2 is 2.22 bits per heavy atom. The maximum Gasteiger partial charge on any atom is 0.0697 e. The Balaban J connectivity index is 1.55. The van der Waals surface area contributed by atoms with Crippen LogP contribution in [-0.4, -0.2) is 18.2 Å². The van der Waals surface area contributed by atoms with Gasteiger partial charge in [-0.2, -0.15) is 11.3 Å². The van der Waals surface area contributed by atoms with Gasteiger partial charge >= 0.3 is 0 Å². The molecular weight excluding hydrogens is 242 g/mol. The average molecular weight is 265 g/mol. The summed E-state index contributed by atoms with van der Waals surface area (Å²) >= 11 is 1.81. The quantitative estimate of drug-likeness (QED) is 0.901. The monoisotopic (exact) mass is 265 g/mol. The molecule has 100 valence electrons. The number of rotatable bonds is 3. The molecule has 1 spiro atoms. The molecule has 18 heavy (non-hydrogen) atoms. The van der Waals surface area contributed by atoms with E-state index in [1.54, 1.807) is 11.3 Å². The summed E-state index contributed by atoms with van der Waals surface area (Å²) in [6.07, 6.45) is 7.67. The van der Waals surface area contributed by atoms with E-state index < -0.39 is 0 Å². The average Bonchev–Trinajstić information content (AvgIpc) is 2.97. The summed E-state index contributed by atoms with van der Waals surface area (Å²) in [6, 6.07) is 0.649. The largest absolute Gasteiger partial charge is 0.375 e. The second-order valence-electron chi connectivity index (χ2n) is 5.89. The third-order valence-corrected chi connectivity index (χ3v) is 5.46. The lowest BCUT2D eigenvalue weighted by molar-refractivity contribution is -0.0837. The molecule has 1 aromatic rings. The van der Waals surface area contributed by atoms with Crippen LogP contribution in [0.25, 0.3) is 0 Å².